The molecule has 2 aromatic rings. The van der Waals surface area contributed by atoms with Crippen molar-refractivity contribution in [3.63, 3.8) is 0 Å². The van der Waals surface area contributed by atoms with E-state index >= 15 is 0 Å². The van der Waals surface area contributed by atoms with E-state index in [-0.39, 0.29) is 5.41 Å². The Kier molecular flexibility index (Phi) is 3.30. The number of benzene rings is 1. The van der Waals surface area contributed by atoms with E-state index in [1.54, 1.807) is 0 Å². The van der Waals surface area contributed by atoms with Crippen LogP contribution in [0.2, 0.25) is 0 Å². The third-order valence-corrected chi connectivity index (χ3v) is 4.19. The van der Waals surface area contributed by atoms with Crippen molar-refractivity contribution in [1.82, 2.24) is 15.3 Å². The quantitative estimate of drug-likeness (QED) is 0.909. The van der Waals surface area contributed by atoms with Crippen molar-refractivity contribution in [2.24, 2.45) is 0 Å². The number of aryl methyl sites for hydroxylation is 1. The van der Waals surface area contributed by atoms with Gasteiger partial charge in [-0.25, -0.2) is 9.97 Å². The molecular weight excluding hydrogens is 246 g/mol. The molecule has 0 unspecified atom stereocenters. The van der Waals surface area contributed by atoms with Crippen LogP contribution in [0.1, 0.15) is 42.2 Å². The van der Waals surface area contributed by atoms with E-state index in [4.69, 9.17) is 9.97 Å². The molecule has 3 nitrogen and oxygen atoms in total. The van der Waals surface area contributed by atoms with Gasteiger partial charge >= 0.3 is 0 Å². The monoisotopic (exact) mass is 267 g/mol. The van der Waals surface area contributed by atoms with Gasteiger partial charge in [0, 0.05) is 36.2 Å². The maximum Gasteiger partial charge on any atom is 0.138 e. The molecule has 1 aliphatic rings. The number of nitrogens with one attached hydrogen (secondary N) is 1. The van der Waals surface area contributed by atoms with Crippen LogP contribution in [0, 0.1) is 6.92 Å². The first-order valence-electron chi connectivity index (χ1n) is 7.22. The van der Waals surface area contributed by atoms with Gasteiger partial charge in [-0.15, -0.1) is 0 Å². The second-order valence-electron chi connectivity index (χ2n) is 5.98. The summed E-state index contributed by atoms with van der Waals surface area (Å²) in [6.07, 6.45) is 0.997. The Morgan fingerprint density at radius 3 is 2.60 bits per heavy atom. The van der Waals surface area contributed by atoms with Crippen molar-refractivity contribution in [1.29, 1.82) is 0 Å². The van der Waals surface area contributed by atoms with Gasteiger partial charge < -0.3 is 5.32 Å². The van der Waals surface area contributed by atoms with E-state index in [0.717, 1.165) is 31.0 Å². The molecule has 3 heteroatoms. The largest absolute Gasteiger partial charge is 0.312 e. The molecule has 0 amide bonds. The molecule has 3 rings (SSSR count). The third kappa shape index (κ3) is 2.22. The van der Waals surface area contributed by atoms with Crippen LogP contribution in [0.5, 0.6) is 0 Å². The van der Waals surface area contributed by atoms with Crippen LogP contribution in [-0.2, 0) is 18.4 Å². The summed E-state index contributed by atoms with van der Waals surface area (Å²) in [6, 6.07) is 10.5. The molecule has 0 atom stereocenters. The molecule has 20 heavy (non-hydrogen) atoms. The number of rotatable bonds is 2. The smallest absolute Gasteiger partial charge is 0.138 e. The number of hydrogen-bond acceptors (Lipinski definition) is 3. The lowest BCUT2D eigenvalue weighted by atomic mass is 9.83. The van der Waals surface area contributed by atoms with Crippen LogP contribution >= 0.6 is 0 Å². The summed E-state index contributed by atoms with van der Waals surface area (Å²) < 4.78 is 0. The zero-order valence-corrected chi connectivity index (χ0v) is 12.4. The molecule has 0 fully saturated rings. The Hall–Kier alpha value is -1.74. The average Bonchev–Trinajstić information content (AvgIpc) is 2.48. The van der Waals surface area contributed by atoms with Crippen molar-refractivity contribution >= 4 is 0 Å². The summed E-state index contributed by atoms with van der Waals surface area (Å²) in [5.74, 6) is 0.932. The number of aromatic nitrogens is 2. The van der Waals surface area contributed by atoms with Gasteiger partial charge in [0.25, 0.3) is 0 Å². The second-order valence-corrected chi connectivity index (χ2v) is 5.98. The summed E-state index contributed by atoms with van der Waals surface area (Å²) in [5, 5.41) is 3.39. The molecule has 104 valence electrons. The topological polar surface area (TPSA) is 37.8 Å². The van der Waals surface area contributed by atoms with Crippen LogP contribution in [0.3, 0.4) is 0 Å². The molecule has 0 spiro atoms. The van der Waals surface area contributed by atoms with Crippen LogP contribution in [0.15, 0.2) is 30.3 Å². The minimum Gasteiger partial charge on any atom is -0.312 e. The first-order valence-corrected chi connectivity index (χ1v) is 7.22. The normalized spacial score (nSPS) is 14.9. The van der Waals surface area contributed by atoms with Gasteiger partial charge in [-0.1, -0.05) is 30.3 Å². The van der Waals surface area contributed by atoms with Crippen LogP contribution in [0.4, 0.5) is 0 Å². The van der Waals surface area contributed by atoms with Crippen LogP contribution < -0.4 is 5.32 Å². The standard InChI is InChI=1S/C17H21N3/c1-12-14-11-18-10-9-15(14)20-16(19-12)17(2,3)13-7-5-4-6-8-13/h4-8,18H,9-11H2,1-3H3. The lowest BCUT2D eigenvalue weighted by molar-refractivity contribution is 0.558. The fourth-order valence-electron chi connectivity index (χ4n) is 2.78. The van der Waals surface area contributed by atoms with E-state index in [9.17, 15) is 0 Å². The molecule has 1 N–H and O–H groups in total. The first-order chi connectivity index (χ1) is 9.59. The Bertz CT molecular complexity index is 618. The summed E-state index contributed by atoms with van der Waals surface area (Å²) in [4.78, 5) is 9.65. The highest BCUT2D eigenvalue weighted by atomic mass is 15.0. The Balaban J connectivity index is 2.08. The average molecular weight is 267 g/mol. The predicted molar refractivity (Wildman–Crippen MR) is 80.7 cm³/mol. The second kappa shape index (κ2) is 4.98. The SMILES string of the molecule is Cc1nc(C(C)(C)c2ccccc2)nc2c1CNCC2. The van der Waals surface area contributed by atoms with Gasteiger partial charge in [-0.05, 0) is 26.3 Å². The van der Waals surface area contributed by atoms with Crippen molar-refractivity contribution in [3.8, 4) is 0 Å². The maximum absolute atomic E-state index is 4.87. The summed E-state index contributed by atoms with van der Waals surface area (Å²) >= 11 is 0. The Morgan fingerprint density at radius 1 is 1.10 bits per heavy atom. The summed E-state index contributed by atoms with van der Waals surface area (Å²) in [7, 11) is 0. The highest BCUT2D eigenvalue weighted by Crippen LogP contribution is 2.30. The van der Waals surface area contributed by atoms with Crippen molar-refractivity contribution < 1.29 is 0 Å². The molecular formula is C17H21N3. The molecule has 1 aromatic heterocycles. The zero-order chi connectivity index (χ0) is 14.2. The summed E-state index contributed by atoms with van der Waals surface area (Å²) in [6.45, 7) is 8.40. The van der Waals surface area contributed by atoms with E-state index in [0.29, 0.717) is 0 Å². The van der Waals surface area contributed by atoms with Crippen LogP contribution in [-0.4, -0.2) is 16.5 Å². The molecule has 1 aromatic carbocycles. The van der Waals surface area contributed by atoms with E-state index in [1.165, 1.54) is 16.8 Å². The first kappa shape index (κ1) is 13.3. The molecule has 1 aliphatic heterocycles. The fraction of sp³-hybridized carbons (Fsp3) is 0.412. The van der Waals surface area contributed by atoms with E-state index < -0.39 is 0 Å². The van der Waals surface area contributed by atoms with Gasteiger partial charge in [0.2, 0.25) is 0 Å². The maximum atomic E-state index is 4.87. The number of nitrogens with zero attached hydrogens (tertiary/aromatic N) is 2. The van der Waals surface area contributed by atoms with E-state index in [1.807, 2.05) is 6.07 Å². The minimum atomic E-state index is -0.161. The molecule has 2 heterocycles. The zero-order valence-electron chi connectivity index (χ0n) is 12.4. The lowest BCUT2D eigenvalue weighted by Gasteiger charge is -2.27. The number of fused-ring (bicyclic) bond motifs is 1. The van der Waals surface area contributed by atoms with Gasteiger partial charge in [-0.2, -0.15) is 0 Å². The third-order valence-electron chi connectivity index (χ3n) is 4.19. The molecule has 0 saturated carbocycles. The number of hydrogen-bond donors (Lipinski definition) is 1. The molecule has 0 radical (unpaired) electrons. The fourth-order valence-corrected chi connectivity index (χ4v) is 2.78. The lowest BCUT2D eigenvalue weighted by Crippen LogP contribution is -2.30. The molecule has 0 saturated heterocycles. The van der Waals surface area contributed by atoms with Crippen molar-refractivity contribution in [2.45, 2.75) is 39.2 Å². The van der Waals surface area contributed by atoms with Crippen molar-refractivity contribution in [3.05, 3.63) is 58.7 Å². The summed E-state index contributed by atoms with van der Waals surface area (Å²) in [5.41, 5.74) is 4.71. The van der Waals surface area contributed by atoms with Gasteiger partial charge in [-0.3, -0.25) is 0 Å². The van der Waals surface area contributed by atoms with Gasteiger partial charge in [0.15, 0.2) is 0 Å². The predicted octanol–water partition coefficient (Wildman–Crippen LogP) is 2.76. The Morgan fingerprint density at radius 2 is 1.85 bits per heavy atom. The molecule has 0 bridgehead atoms. The van der Waals surface area contributed by atoms with Crippen molar-refractivity contribution in [2.75, 3.05) is 6.54 Å². The minimum absolute atomic E-state index is 0.161. The van der Waals surface area contributed by atoms with Gasteiger partial charge in [0.05, 0.1) is 5.69 Å². The highest BCUT2D eigenvalue weighted by Gasteiger charge is 2.28. The van der Waals surface area contributed by atoms with Gasteiger partial charge in [0.1, 0.15) is 5.82 Å². The Labute approximate surface area is 120 Å². The molecule has 0 aliphatic carbocycles. The van der Waals surface area contributed by atoms with Crippen LogP contribution in [0.25, 0.3) is 0 Å². The van der Waals surface area contributed by atoms with E-state index in [2.05, 4.69) is 50.4 Å². The highest BCUT2D eigenvalue weighted by molar-refractivity contribution is 5.34.